The standard InChI is InChI=1S/C26H38F3N3O6S/c1-24(2,3)32(23(35)36)19-10-11-20(17(13-19)15-39(37,38)25(4,5)6)31-21(33)14-30-22(34)16-8-7-9-18(12-16)26(27,28)29/h7-9,12,17,19-20H,10-11,13-15H2,1-6H3,(H,30,34)(H,31,33)(H,35,36)/t17-,19+,20-/m0/s1. The van der Waals surface area contributed by atoms with E-state index in [1.165, 1.54) is 11.0 Å². The van der Waals surface area contributed by atoms with Crippen LogP contribution in [0.15, 0.2) is 24.3 Å². The quantitative estimate of drug-likeness (QED) is 0.447. The Morgan fingerprint density at radius 1 is 1.05 bits per heavy atom. The maximum atomic E-state index is 13.0. The van der Waals surface area contributed by atoms with Gasteiger partial charge in [0, 0.05) is 23.2 Å². The number of alkyl halides is 3. The van der Waals surface area contributed by atoms with E-state index in [1.54, 1.807) is 41.5 Å². The molecule has 3 N–H and O–H groups in total. The topological polar surface area (TPSA) is 133 Å². The number of carboxylic acid groups (broad SMARTS) is 1. The number of carbonyl (C=O) groups excluding carboxylic acids is 2. The lowest BCUT2D eigenvalue weighted by Gasteiger charge is -2.45. The Morgan fingerprint density at radius 3 is 2.18 bits per heavy atom. The molecule has 0 spiro atoms. The van der Waals surface area contributed by atoms with Gasteiger partial charge in [-0.2, -0.15) is 13.2 Å². The van der Waals surface area contributed by atoms with E-state index in [9.17, 15) is 41.1 Å². The predicted molar refractivity (Wildman–Crippen MR) is 140 cm³/mol. The highest BCUT2D eigenvalue weighted by Crippen LogP contribution is 2.34. The van der Waals surface area contributed by atoms with E-state index in [2.05, 4.69) is 10.6 Å². The third-order valence-electron chi connectivity index (χ3n) is 6.82. The molecule has 0 aliphatic heterocycles. The van der Waals surface area contributed by atoms with Crippen molar-refractivity contribution in [2.24, 2.45) is 5.92 Å². The molecule has 220 valence electrons. The summed E-state index contributed by atoms with van der Waals surface area (Å²) in [5, 5.41) is 14.9. The fourth-order valence-electron chi connectivity index (χ4n) is 4.73. The molecule has 1 aromatic carbocycles. The Hall–Kier alpha value is -2.83. The van der Waals surface area contributed by atoms with Gasteiger partial charge in [0.1, 0.15) is 0 Å². The number of nitrogens with zero attached hydrogens (tertiary/aromatic N) is 1. The molecule has 13 heteroatoms. The average molecular weight is 578 g/mol. The number of amides is 3. The van der Waals surface area contributed by atoms with Crippen LogP contribution in [-0.4, -0.2) is 71.0 Å². The monoisotopic (exact) mass is 577 g/mol. The van der Waals surface area contributed by atoms with E-state index >= 15 is 0 Å². The number of halogens is 3. The highest BCUT2D eigenvalue weighted by atomic mass is 32.2. The van der Waals surface area contributed by atoms with Crippen molar-refractivity contribution < 1.29 is 41.1 Å². The molecule has 1 saturated carbocycles. The summed E-state index contributed by atoms with van der Waals surface area (Å²) >= 11 is 0. The lowest BCUT2D eigenvalue weighted by Crippen LogP contribution is -2.57. The third kappa shape index (κ3) is 8.58. The minimum absolute atomic E-state index is 0.209. The second-order valence-corrected chi connectivity index (χ2v) is 14.7. The van der Waals surface area contributed by atoms with Gasteiger partial charge in [-0.3, -0.25) is 9.59 Å². The Morgan fingerprint density at radius 2 is 1.67 bits per heavy atom. The largest absolute Gasteiger partial charge is 0.465 e. The molecule has 9 nitrogen and oxygen atoms in total. The van der Waals surface area contributed by atoms with Crippen molar-refractivity contribution >= 4 is 27.7 Å². The molecule has 0 unspecified atom stereocenters. The molecule has 0 saturated heterocycles. The molecule has 1 aliphatic carbocycles. The molecule has 2 rings (SSSR count). The van der Waals surface area contributed by atoms with E-state index in [0.717, 1.165) is 12.1 Å². The number of nitrogens with one attached hydrogen (secondary N) is 2. The van der Waals surface area contributed by atoms with Crippen LogP contribution in [0.2, 0.25) is 0 Å². The first-order valence-electron chi connectivity index (χ1n) is 12.6. The van der Waals surface area contributed by atoms with Gasteiger partial charge in [-0.15, -0.1) is 0 Å². The first-order chi connectivity index (χ1) is 17.6. The zero-order valence-electron chi connectivity index (χ0n) is 23.1. The molecule has 3 amide bonds. The zero-order valence-corrected chi connectivity index (χ0v) is 23.9. The summed E-state index contributed by atoms with van der Waals surface area (Å²) in [5.41, 5.74) is -1.98. The average Bonchev–Trinajstić information content (AvgIpc) is 2.76. The van der Waals surface area contributed by atoms with Crippen molar-refractivity contribution in [1.29, 1.82) is 0 Å². The highest BCUT2D eigenvalue weighted by Gasteiger charge is 2.43. The maximum absolute atomic E-state index is 13.0. The van der Waals surface area contributed by atoms with Crippen molar-refractivity contribution in [3.63, 3.8) is 0 Å². The Bertz CT molecular complexity index is 1170. The fraction of sp³-hybridized carbons (Fsp3) is 0.654. The first kappa shape index (κ1) is 32.4. The first-order valence-corrected chi connectivity index (χ1v) is 14.3. The summed E-state index contributed by atoms with van der Waals surface area (Å²) < 4.78 is 63.9. The summed E-state index contributed by atoms with van der Waals surface area (Å²) in [4.78, 5) is 38.4. The molecule has 0 bridgehead atoms. The Kier molecular flexibility index (Phi) is 9.74. The van der Waals surface area contributed by atoms with Gasteiger partial charge in [-0.1, -0.05) is 6.07 Å². The third-order valence-corrected chi connectivity index (χ3v) is 9.56. The SMILES string of the molecule is CC(C)(C)N(C(=O)O)[C@@H]1CC[C@H](NC(=O)CNC(=O)c2cccc(C(F)(F)F)c2)[C@H](CS(=O)(=O)C(C)(C)C)C1. The summed E-state index contributed by atoms with van der Waals surface area (Å²) in [7, 11) is -3.63. The summed E-state index contributed by atoms with van der Waals surface area (Å²) in [6.07, 6.45) is -4.84. The van der Waals surface area contributed by atoms with Crippen LogP contribution in [-0.2, 0) is 20.8 Å². The smallest absolute Gasteiger partial charge is 0.416 e. The van der Waals surface area contributed by atoms with Crippen molar-refractivity contribution in [1.82, 2.24) is 15.5 Å². The van der Waals surface area contributed by atoms with Crippen molar-refractivity contribution in [2.45, 2.75) is 89.4 Å². The second-order valence-electron chi connectivity index (χ2n) is 11.9. The van der Waals surface area contributed by atoms with Crippen LogP contribution in [0.5, 0.6) is 0 Å². The number of carbonyl (C=O) groups is 3. The molecule has 39 heavy (non-hydrogen) atoms. The molecule has 0 radical (unpaired) electrons. The number of hydrogen-bond acceptors (Lipinski definition) is 5. The van der Waals surface area contributed by atoms with E-state index < -0.39 is 74.3 Å². The zero-order chi connectivity index (χ0) is 30.0. The van der Waals surface area contributed by atoms with Crippen LogP contribution in [0.4, 0.5) is 18.0 Å². The molecule has 0 aromatic heterocycles. The van der Waals surface area contributed by atoms with Crippen LogP contribution in [0, 0.1) is 5.92 Å². The minimum Gasteiger partial charge on any atom is -0.465 e. The van der Waals surface area contributed by atoms with Crippen LogP contribution in [0.25, 0.3) is 0 Å². The summed E-state index contributed by atoms with van der Waals surface area (Å²) in [5.74, 6) is -2.37. The van der Waals surface area contributed by atoms with Gasteiger partial charge in [0.15, 0.2) is 9.84 Å². The summed E-state index contributed by atoms with van der Waals surface area (Å²) in [6.45, 7) is 9.43. The Balaban J connectivity index is 2.17. The van der Waals surface area contributed by atoms with Gasteiger partial charge in [0.25, 0.3) is 5.91 Å². The number of benzene rings is 1. The van der Waals surface area contributed by atoms with Crippen LogP contribution in [0.1, 0.15) is 76.7 Å². The van der Waals surface area contributed by atoms with Crippen molar-refractivity contribution in [3.8, 4) is 0 Å². The van der Waals surface area contributed by atoms with E-state index in [4.69, 9.17) is 0 Å². The van der Waals surface area contributed by atoms with Gasteiger partial charge in [0.2, 0.25) is 5.91 Å². The second kappa shape index (κ2) is 11.7. The lowest BCUT2D eigenvalue weighted by atomic mass is 9.80. The predicted octanol–water partition coefficient (Wildman–Crippen LogP) is 4.08. The van der Waals surface area contributed by atoms with Gasteiger partial charge >= 0.3 is 12.3 Å². The van der Waals surface area contributed by atoms with E-state index in [1.807, 2.05) is 0 Å². The molecular weight excluding hydrogens is 539 g/mol. The van der Waals surface area contributed by atoms with E-state index in [-0.39, 0.29) is 17.7 Å². The van der Waals surface area contributed by atoms with Crippen LogP contribution < -0.4 is 10.6 Å². The van der Waals surface area contributed by atoms with Gasteiger partial charge in [-0.25, -0.2) is 13.2 Å². The highest BCUT2D eigenvalue weighted by molar-refractivity contribution is 7.92. The normalized spacial score (nSPS) is 20.7. The minimum atomic E-state index is -4.63. The van der Waals surface area contributed by atoms with Gasteiger partial charge in [0.05, 0.1) is 22.6 Å². The summed E-state index contributed by atoms with van der Waals surface area (Å²) in [6, 6.07) is 2.74. The van der Waals surface area contributed by atoms with Crippen molar-refractivity contribution in [2.75, 3.05) is 12.3 Å². The molecule has 1 fully saturated rings. The number of hydrogen-bond donors (Lipinski definition) is 3. The van der Waals surface area contributed by atoms with Gasteiger partial charge < -0.3 is 20.6 Å². The fourth-order valence-corrected chi connectivity index (χ4v) is 6.16. The maximum Gasteiger partial charge on any atom is 0.416 e. The van der Waals surface area contributed by atoms with Crippen molar-refractivity contribution in [3.05, 3.63) is 35.4 Å². The van der Waals surface area contributed by atoms with Crippen LogP contribution in [0.3, 0.4) is 0 Å². The number of rotatable bonds is 7. The lowest BCUT2D eigenvalue weighted by molar-refractivity contribution is -0.137. The molecule has 1 aromatic rings. The number of sulfone groups is 1. The molecule has 0 heterocycles. The van der Waals surface area contributed by atoms with Gasteiger partial charge in [-0.05, 0) is 84.9 Å². The molecular formula is C26H38F3N3O6S. The molecule has 3 atom stereocenters. The Labute approximate surface area is 227 Å². The van der Waals surface area contributed by atoms with E-state index in [0.29, 0.717) is 18.9 Å². The van der Waals surface area contributed by atoms with Crippen LogP contribution >= 0.6 is 0 Å². The molecule has 1 aliphatic rings.